The summed E-state index contributed by atoms with van der Waals surface area (Å²) in [7, 11) is 0. The second-order valence-electron chi connectivity index (χ2n) is 6.14. The fourth-order valence-electron chi connectivity index (χ4n) is 3.03. The van der Waals surface area contributed by atoms with Crippen molar-refractivity contribution in [2.24, 2.45) is 5.92 Å². The van der Waals surface area contributed by atoms with Crippen LogP contribution in [0.5, 0.6) is 0 Å². The van der Waals surface area contributed by atoms with Gasteiger partial charge in [0.15, 0.2) is 0 Å². The third kappa shape index (κ3) is 3.11. The molecule has 3 rings (SSSR count). The molecule has 1 aliphatic heterocycles. The lowest BCUT2D eigenvalue weighted by molar-refractivity contribution is 0.0682. The predicted molar refractivity (Wildman–Crippen MR) is 87.6 cm³/mol. The molecule has 0 aliphatic carbocycles. The number of piperidine rings is 1. The quantitative estimate of drug-likeness (QED) is 0.836. The molecule has 1 atom stereocenters. The van der Waals surface area contributed by atoms with E-state index >= 15 is 0 Å². The van der Waals surface area contributed by atoms with E-state index in [4.69, 9.17) is 11.6 Å². The van der Waals surface area contributed by atoms with Crippen molar-refractivity contribution < 1.29 is 9.18 Å². The Morgan fingerprint density at radius 3 is 2.70 bits per heavy atom. The molecule has 4 nitrogen and oxygen atoms in total. The van der Waals surface area contributed by atoms with Crippen LogP contribution in [0.2, 0.25) is 5.15 Å². The monoisotopic (exact) mass is 335 g/mol. The Bertz CT molecular complexity index is 726. The minimum Gasteiger partial charge on any atom is -0.338 e. The number of rotatable bonds is 2. The molecule has 1 fully saturated rings. The Labute approximate surface area is 139 Å². The van der Waals surface area contributed by atoms with Crippen LogP contribution in [0.3, 0.4) is 0 Å². The van der Waals surface area contributed by atoms with Crippen molar-refractivity contribution in [3.63, 3.8) is 0 Å². The molecule has 1 aliphatic rings. The zero-order valence-corrected chi connectivity index (χ0v) is 14.0. The summed E-state index contributed by atoms with van der Waals surface area (Å²) in [5.41, 5.74) is 1.65. The van der Waals surface area contributed by atoms with E-state index < -0.39 is 0 Å². The lowest BCUT2D eigenvalue weighted by atomic mass is 9.99. The summed E-state index contributed by atoms with van der Waals surface area (Å²) in [5, 5.41) is 4.64. The zero-order valence-electron chi connectivity index (χ0n) is 13.2. The van der Waals surface area contributed by atoms with Gasteiger partial charge >= 0.3 is 0 Å². The number of aromatic nitrogens is 2. The highest BCUT2D eigenvalue weighted by molar-refractivity contribution is 6.33. The van der Waals surface area contributed by atoms with E-state index in [9.17, 15) is 9.18 Å². The highest BCUT2D eigenvalue weighted by atomic mass is 35.5. The lowest BCUT2D eigenvalue weighted by Gasteiger charge is -2.30. The molecule has 1 aromatic heterocycles. The molecule has 2 heterocycles. The summed E-state index contributed by atoms with van der Waals surface area (Å²) in [6, 6.07) is 5.86. The van der Waals surface area contributed by atoms with Crippen molar-refractivity contribution in [3.8, 4) is 5.69 Å². The highest BCUT2D eigenvalue weighted by Gasteiger charge is 2.28. The van der Waals surface area contributed by atoms with Crippen LogP contribution in [0.1, 0.15) is 35.8 Å². The average molecular weight is 336 g/mol. The second kappa shape index (κ2) is 6.32. The van der Waals surface area contributed by atoms with Gasteiger partial charge in [0, 0.05) is 13.1 Å². The Hall–Kier alpha value is -1.88. The molecule has 23 heavy (non-hydrogen) atoms. The van der Waals surface area contributed by atoms with Gasteiger partial charge in [-0.25, -0.2) is 9.07 Å². The predicted octanol–water partition coefficient (Wildman–Crippen LogP) is 3.85. The van der Waals surface area contributed by atoms with Gasteiger partial charge < -0.3 is 4.90 Å². The van der Waals surface area contributed by atoms with Gasteiger partial charge in [0.25, 0.3) is 5.91 Å². The number of amides is 1. The normalized spacial score (nSPS) is 18.3. The van der Waals surface area contributed by atoms with E-state index in [1.165, 1.54) is 16.8 Å². The van der Waals surface area contributed by atoms with E-state index in [0.717, 1.165) is 25.9 Å². The first-order chi connectivity index (χ1) is 11.0. The minimum atomic E-state index is -0.327. The third-order valence-corrected chi connectivity index (χ3v) is 4.58. The minimum absolute atomic E-state index is 0.0765. The summed E-state index contributed by atoms with van der Waals surface area (Å²) >= 11 is 6.41. The number of aryl methyl sites for hydroxylation is 1. The topological polar surface area (TPSA) is 38.1 Å². The fourth-order valence-corrected chi connectivity index (χ4v) is 3.38. The first kappa shape index (κ1) is 16.0. The summed E-state index contributed by atoms with van der Waals surface area (Å²) in [6.45, 7) is 5.42. The van der Waals surface area contributed by atoms with Crippen LogP contribution in [0.15, 0.2) is 24.3 Å². The van der Waals surface area contributed by atoms with Crippen LogP contribution in [-0.2, 0) is 0 Å². The summed E-state index contributed by atoms with van der Waals surface area (Å²) in [4.78, 5) is 14.7. The van der Waals surface area contributed by atoms with Crippen molar-refractivity contribution >= 4 is 17.5 Å². The number of benzene rings is 1. The maximum absolute atomic E-state index is 13.1. The van der Waals surface area contributed by atoms with Crippen LogP contribution >= 0.6 is 11.6 Å². The number of carbonyl (C=O) groups is 1. The Balaban J connectivity index is 1.94. The van der Waals surface area contributed by atoms with Crippen LogP contribution in [0.4, 0.5) is 4.39 Å². The number of hydrogen-bond donors (Lipinski definition) is 0. The van der Waals surface area contributed by atoms with Gasteiger partial charge in [-0.2, -0.15) is 5.10 Å². The van der Waals surface area contributed by atoms with E-state index in [2.05, 4.69) is 12.0 Å². The number of carbonyl (C=O) groups excluding carboxylic acids is 1. The summed E-state index contributed by atoms with van der Waals surface area (Å²) in [5.74, 6) is 0.0960. The van der Waals surface area contributed by atoms with Gasteiger partial charge in [0.2, 0.25) is 0 Å². The molecule has 0 saturated carbocycles. The Kier molecular flexibility index (Phi) is 4.39. The Morgan fingerprint density at radius 1 is 1.35 bits per heavy atom. The second-order valence-corrected chi connectivity index (χ2v) is 6.50. The van der Waals surface area contributed by atoms with Crippen molar-refractivity contribution in [2.45, 2.75) is 26.7 Å². The third-order valence-electron chi connectivity index (χ3n) is 4.23. The van der Waals surface area contributed by atoms with Crippen molar-refractivity contribution in [1.29, 1.82) is 0 Å². The smallest absolute Gasteiger partial charge is 0.258 e. The maximum atomic E-state index is 13.1. The van der Waals surface area contributed by atoms with Gasteiger partial charge in [0.05, 0.1) is 16.9 Å². The fraction of sp³-hybridized carbons (Fsp3) is 0.412. The van der Waals surface area contributed by atoms with Crippen molar-refractivity contribution in [2.75, 3.05) is 13.1 Å². The standard InChI is InChI=1S/C17H19ClFN3O/c1-11-4-3-9-21(10-11)17(23)15-12(2)20-22(16(15)18)14-7-5-13(19)6-8-14/h5-8,11H,3-4,9-10H2,1-2H3. The van der Waals surface area contributed by atoms with Gasteiger partial charge in [-0.05, 0) is 49.9 Å². The summed E-state index contributed by atoms with van der Waals surface area (Å²) < 4.78 is 14.6. The molecule has 0 N–H and O–H groups in total. The molecular formula is C17H19ClFN3O. The molecule has 0 bridgehead atoms. The molecule has 2 aromatic rings. The van der Waals surface area contributed by atoms with Crippen molar-refractivity contribution in [1.82, 2.24) is 14.7 Å². The largest absolute Gasteiger partial charge is 0.338 e. The molecule has 0 radical (unpaired) electrons. The molecule has 6 heteroatoms. The molecule has 122 valence electrons. The van der Waals surface area contributed by atoms with E-state index in [1.54, 1.807) is 19.1 Å². The molecule has 1 amide bonds. The van der Waals surface area contributed by atoms with Crippen LogP contribution in [0.25, 0.3) is 5.69 Å². The molecular weight excluding hydrogens is 317 g/mol. The van der Waals surface area contributed by atoms with Crippen LogP contribution < -0.4 is 0 Å². The van der Waals surface area contributed by atoms with Gasteiger partial charge in [-0.3, -0.25) is 4.79 Å². The van der Waals surface area contributed by atoms with Crippen LogP contribution in [-0.4, -0.2) is 33.7 Å². The van der Waals surface area contributed by atoms with Gasteiger partial charge in [-0.15, -0.1) is 0 Å². The average Bonchev–Trinajstić information content (AvgIpc) is 2.82. The number of nitrogens with zero attached hydrogens (tertiary/aromatic N) is 3. The Morgan fingerprint density at radius 2 is 2.04 bits per heavy atom. The molecule has 1 saturated heterocycles. The molecule has 1 unspecified atom stereocenters. The summed E-state index contributed by atoms with van der Waals surface area (Å²) in [6.07, 6.45) is 2.15. The van der Waals surface area contributed by atoms with Gasteiger partial charge in [0.1, 0.15) is 11.0 Å². The van der Waals surface area contributed by atoms with E-state index in [1.807, 2.05) is 4.90 Å². The maximum Gasteiger partial charge on any atom is 0.258 e. The van der Waals surface area contributed by atoms with Crippen molar-refractivity contribution in [3.05, 3.63) is 46.5 Å². The number of likely N-dealkylation sites (tertiary alicyclic amines) is 1. The van der Waals surface area contributed by atoms with E-state index in [-0.39, 0.29) is 16.9 Å². The number of hydrogen-bond acceptors (Lipinski definition) is 2. The molecule has 1 aromatic carbocycles. The first-order valence-electron chi connectivity index (χ1n) is 7.77. The zero-order chi connectivity index (χ0) is 16.6. The van der Waals surface area contributed by atoms with Crippen LogP contribution in [0, 0.1) is 18.7 Å². The van der Waals surface area contributed by atoms with Gasteiger partial charge in [-0.1, -0.05) is 18.5 Å². The lowest BCUT2D eigenvalue weighted by Crippen LogP contribution is -2.39. The first-order valence-corrected chi connectivity index (χ1v) is 8.15. The molecule has 0 spiro atoms. The van der Waals surface area contributed by atoms with E-state index in [0.29, 0.717) is 22.9 Å². The SMILES string of the molecule is Cc1nn(-c2ccc(F)cc2)c(Cl)c1C(=O)N1CCCC(C)C1. The highest BCUT2D eigenvalue weighted by Crippen LogP contribution is 2.27. The number of halogens is 2.